The van der Waals surface area contributed by atoms with Crippen LogP contribution in [-0.4, -0.2) is 134 Å². The van der Waals surface area contributed by atoms with E-state index in [1.165, 1.54) is 5.69 Å². The zero-order chi connectivity index (χ0) is 78.0. The Morgan fingerprint density at radius 1 is 0.381 bits per heavy atom. The average Bonchev–Trinajstić information content (AvgIpc) is 1.68. The number of para-hydroxylation sites is 8. The van der Waals surface area contributed by atoms with Crippen molar-refractivity contribution < 1.29 is 9.84 Å². The van der Waals surface area contributed by atoms with Crippen LogP contribution in [0.3, 0.4) is 0 Å². The second-order valence-electron chi connectivity index (χ2n) is 25.0. The Bertz CT molecular complexity index is 6520. The van der Waals surface area contributed by atoms with Crippen LogP contribution in [0.15, 0.2) is 279 Å². The molecule has 28 nitrogen and oxygen atoms in total. The Morgan fingerprint density at radius 2 is 0.717 bits per heavy atom. The summed E-state index contributed by atoms with van der Waals surface area (Å²) >= 11 is 1.60. The number of nitrogens with one attached hydrogen (secondary N) is 6. The number of hydrogen-bond donors (Lipinski definition) is 7. The Morgan fingerprint density at radius 3 is 1.02 bits per heavy atom. The number of fused-ring (bicyclic) bond motifs is 16. The molecule has 0 atom stereocenters. The first-order valence-electron chi connectivity index (χ1n) is 36.0. The van der Waals surface area contributed by atoms with Gasteiger partial charge in [-0.3, -0.25) is 34.4 Å². The van der Waals surface area contributed by atoms with Crippen LogP contribution in [0.2, 0.25) is 0 Å². The van der Waals surface area contributed by atoms with Crippen LogP contribution < -0.4 is 43.5 Å². The van der Waals surface area contributed by atoms with Gasteiger partial charge >= 0.3 is 0 Å². The van der Waals surface area contributed by atoms with E-state index in [0.717, 1.165) is 81.6 Å². The lowest BCUT2D eigenvalue weighted by Gasteiger charge is -2.12. The molecule has 0 bridgehead atoms. The summed E-state index contributed by atoms with van der Waals surface area (Å²) in [4.78, 5) is 95.5. The number of H-pyrrole nitrogens is 2. The molecule has 0 unspecified atom stereocenters. The number of aromatic nitrogens is 18. The number of pyridine rings is 1. The van der Waals surface area contributed by atoms with Gasteiger partial charge < -0.3 is 31.1 Å². The van der Waals surface area contributed by atoms with Crippen molar-refractivity contribution in [2.45, 2.75) is 25.7 Å². The molecule has 7 N–H and O–H groups in total. The summed E-state index contributed by atoms with van der Waals surface area (Å²) in [7, 11) is 7.15. The summed E-state index contributed by atoms with van der Waals surface area (Å²) in [5.41, 5.74) is 9.40. The summed E-state index contributed by atoms with van der Waals surface area (Å²) in [6, 6.07) is 69.4. The number of ether oxygens (including phenoxy) is 1. The molecule has 12 aromatic heterocycles. The number of nitrogens with zero attached hydrogens (tertiary/aromatic N) is 16. The number of aliphatic hydroxyl groups excluding tert-OH is 1. The van der Waals surface area contributed by atoms with E-state index in [1.54, 1.807) is 90.6 Å². The molecule has 0 aliphatic heterocycles. The minimum atomic E-state index is -0.126. The van der Waals surface area contributed by atoms with E-state index in [2.05, 4.69) is 91.5 Å². The zero-order valence-electron chi connectivity index (χ0n) is 61.6. The molecule has 113 heavy (non-hydrogen) atoms. The smallest absolute Gasteiger partial charge is 0.267 e. The maximum absolute atomic E-state index is 13.0. The highest BCUT2D eigenvalue weighted by molar-refractivity contribution is 7.07. The van der Waals surface area contributed by atoms with Crippen LogP contribution in [0.4, 0.5) is 29.1 Å². The number of rotatable bonds is 12. The van der Waals surface area contributed by atoms with Crippen LogP contribution in [0.25, 0.3) is 110 Å². The second kappa shape index (κ2) is 35.6. The molecule has 0 spiro atoms. The summed E-state index contributed by atoms with van der Waals surface area (Å²) in [5.74, 6) is 5.00. The number of aryl methyl sites for hydroxylation is 2. The van der Waals surface area contributed by atoms with Gasteiger partial charge in [0.15, 0.2) is 0 Å². The van der Waals surface area contributed by atoms with Crippen molar-refractivity contribution in [1.82, 2.24) is 87.8 Å². The minimum Gasteiger partial charge on any atom is -0.396 e. The van der Waals surface area contributed by atoms with E-state index in [-0.39, 0.29) is 28.8 Å². The third kappa shape index (κ3) is 16.5. The molecule has 29 heteroatoms. The standard InChI is InChI=1S/C20H13N5O.3C16H12N4O.C7H12N2O.C6H10N2O.C3H3NS/c26-19-13-7-1-3-9-15(13)22-20-24-18(23-17-11-5-6-12-21-17)14-8-2-4-10-16(14)25(19)20;3*1-17-14-11-7-3-5-9-13(11)20-15(21)10-6-2-4-8-12(10)18-16(20)19-14;1-10-6-2-3-7-4-5-8-9-7;9-5-1-2-6-3-4-7-8-6;1-2-5-3-4-1/h1-12H,(H,21,22,23,24);3*2-9H,1H3,(H,17,18,19);4-5H,2-3,6H2,1H3,(H,8,9);3-4,9H,1-2,5H2,(H,7,8);1-3H. The van der Waals surface area contributed by atoms with Crippen molar-refractivity contribution >= 4 is 151 Å². The maximum atomic E-state index is 13.0. The van der Waals surface area contributed by atoms with Gasteiger partial charge in [0.25, 0.3) is 22.2 Å². The largest absolute Gasteiger partial charge is 0.396 e. The molecule has 0 fully saturated rings. The lowest BCUT2D eigenvalue weighted by atomic mass is 10.2. The minimum absolute atomic E-state index is 0.0954. The number of aliphatic hydroxyl groups is 1. The lowest BCUT2D eigenvalue weighted by molar-refractivity contribution is 0.195. The van der Waals surface area contributed by atoms with Gasteiger partial charge in [-0.25, -0.2) is 42.5 Å². The Labute approximate surface area is 646 Å². The van der Waals surface area contributed by atoms with Gasteiger partial charge in [0, 0.05) is 105 Å². The molecular formula is C84H74N22O6S. The lowest BCUT2D eigenvalue weighted by Crippen LogP contribution is -2.18. The molecular weight excluding hydrogens is 1450 g/mol. The number of anilines is 5. The third-order valence-corrected chi connectivity index (χ3v) is 18.5. The van der Waals surface area contributed by atoms with Gasteiger partial charge in [-0.15, -0.1) is 11.3 Å². The van der Waals surface area contributed by atoms with Crippen LogP contribution >= 0.6 is 11.3 Å². The maximum Gasteiger partial charge on any atom is 0.267 e. The molecule has 12 heterocycles. The van der Waals surface area contributed by atoms with Crippen molar-refractivity contribution in [2.75, 3.05) is 62.7 Å². The molecule has 0 amide bonds. The van der Waals surface area contributed by atoms with Crippen molar-refractivity contribution in [3.63, 3.8) is 0 Å². The number of aromatic amines is 2. The number of benzene rings is 8. The summed E-state index contributed by atoms with van der Waals surface area (Å²) in [6.07, 6.45) is 10.7. The second-order valence-corrected chi connectivity index (χ2v) is 25.8. The van der Waals surface area contributed by atoms with Crippen LogP contribution in [0.5, 0.6) is 0 Å². The molecule has 20 rings (SSSR count). The molecule has 0 saturated heterocycles. The van der Waals surface area contributed by atoms with Crippen molar-refractivity contribution in [3.05, 3.63) is 313 Å². The number of hydrogen-bond acceptors (Lipinski definition) is 23. The highest BCUT2D eigenvalue weighted by Crippen LogP contribution is 2.28. The van der Waals surface area contributed by atoms with Gasteiger partial charge in [-0.1, -0.05) is 103 Å². The zero-order valence-corrected chi connectivity index (χ0v) is 62.4. The van der Waals surface area contributed by atoms with E-state index in [4.69, 9.17) is 9.84 Å². The van der Waals surface area contributed by atoms with Crippen LogP contribution in [0, 0.1) is 0 Å². The number of thiazole rings is 1. The van der Waals surface area contributed by atoms with Crippen LogP contribution in [-0.2, 0) is 17.6 Å². The van der Waals surface area contributed by atoms with E-state index in [9.17, 15) is 19.2 Å². The topological polar surface area (TPSA) is 350 Å². The van der Waals surface area contributed by atoms with Crippen molar-refractivity contribution in [3.8, 4) is 0 Å². The van der Waals surface area contributed by atoms with Crippen molar-refractivity contribution in [2.24, 2.45) is 0 Å². The predicted octanol–water partition coefficient (Wildman–Crippen LogP) is 13.3. The quantitative estimate of drug-likeness (QED) is 0.0339. The fourth-order valence-corrected chi connectivity index (χ4v) is 13.0. The fraction of sp³-hybridized carbons (Fsp3) is 0.119. The highest BCUT2D eigenvalue weighted by Gasteiger charge is 2.18. The van der Waals surface area contributed by atoms with Gasteiger partial charge in [0.1, 0.15) is 29.1 Å². The third-order valence-electron chi connectivity index (χ3n) is 18.0. The summed E-state index contributed by atoms with van der Waals surface area (Å²) in [6.45, 7) is 1.07. The molecule has 0 aliphatic rings. The van der Waals surface area contributed by atoms with Crippen molar-refractivity contribution in [1.29, 1.82) is 0 Å². The Balaban J connectivity index is 0.000000114. The molecule has 20 aromatic rings. The average molecular weight is 1520 g/mol. The molecule has 0 radical (unpaired) electrons. The van der Waals surface area contributed by atoms with E-state index in [0.29, 0.717) is 95.8 Å². The first-order valence-corrected chi connectivity index (χ1v) is 36.9. The van der Waals surface area contributed by atoms with E-state index in [1.807, 2.05) is 227 Å². The van der Waals surface area contributed by atoms with E-state index < -0.39 is 0 Å². The molecule has 0 saturated carbocycles. The monoisotopic (exact) mass is 1520 g/mol. The van der Waals surface area contributed by atoms with Gasteiger partial charge in [0.05, 0.1) is 71.2 Å². The SMILES string of the molecule is CNc1nc2nc3ccccc3c(=O)n2c2ccccc12.CNc1nc2nc3ccccc3c(=O)n2c2ccccc12.CNc1nc2nc3ccccc3c(=O)n2c2ccccc12.COCCCc1ccn[nH]1.O=c1c2ccccc2nc2nc(Nc3ccccn3)c3ccccc3n12.OCCCc1ccn[nH]1.c1cscn1. The molecule has 8 aromatic carbocycles. The van der Waals surface area contributed by atoms with Gasteiger partial charge in [-0.2, -0.15) is 30.1 Å². The first-order chi connectivity index (χ1) is 55.5. The van der Waals surface area contributed by atoms with E-state index >= 15 is 0 Å². The Kier molecular flexibility index (Phi) is 23.7. The molecule has 0 aliphatic carbocycles. The molecule has 562 valence electrons. The normalized spacial score (nSPS) is 10.9. The first kappa shape index (κ1) is 75.1. The van der Waals surface area contributed by atoms with Gasteiger partial charge in [0.2, 0.25) is 23.1 Å². The highest BCUT2D eigenvalue weighted by atomic mass is 32.1. The predicted molar refractivity (Wildman–Crippen MR) is 448 cm³/mol. The summed E-state index contributed by atoms with van der Waals surface area (Å²) < 4.78 is 11.2. The van der Waals surface area contributed by atoms with Gasteiger partial charge in [-0.05, 0) is 147 Å². The Hall–Kier alpha value is -14.7. The van der Waals surface area contributed by atoms with Crippen LogP contribution in [0.1, 0.15) is 24.2 Å². The number of methoxy groups -OCH3 is 1. The summed E-state index contributed by atoms with van der Waals surface area (Å²) in [5, 5.41) is 42.0. The fourth-order valence-electron chi connectivity index (χ4n) is 12.7.